The van der Waals surface area contributed by atoms with E-state index < -0.39 is 0 Å². The fourth-order valence-electron chi connectivity index (χ4n) is 2.77. The molecule has 1 heterocycles. The highest BCUT2D eigenvalue weighted by atomic mass is 32.1. The lowest BCUT2D eigenvalue weighted by Crippen LogP contribution is -2.38. The van der Waals surface area contributed by atoms with Crippen LogP contribution in [-0.4, -0.2) is 27.4 Å². The van der Waals surface area contributed by atoms with Crippen molar-refractivity contribution in [2.24, 2.45) is 0 Å². The highest BCUT2D eigenvalue weighted by molar-refractivity contribution is 7.71. The Hall–Kier alpha value is -0.840. The summed E-state index contributed by atoms with van der Waals surface area (Å²) in [5.74, 6) is 1.02. The zero-order valence-corrected chi connectivity index (χ0v) is 11.6. The van der Waals surface area contributed by atoms with Crippen molar-refractivity contribution in [3.63, 3.8) is 0 Å². The second-order valence-corrected chi connectivity index (χ2v) is 5.04. The maximum Gasteiger partial charge on any atom is 0.225 e. The van der Waals surface area contributed by atoms with E-state index in [1.807, 2.05) is 0 Å². The van der Waals surface area contributed by atoms with Crippen molar-refractivity contribution in [3.8, 4) is 0 Å². The smallest absolute Gasteiger partial charge is 0.225 e. The summed E-state index contributed by atoms with van der Waals surface area (Å²) in [4.78, 5) is 2.41. The van der Waals surface area contributed by atoms with Crippen molar-refractivity contribution in [1.82, 2.24) is 14.8 Å². The van der Waals surface area contributed by atoms with Crippen LogP contribution in [0.5, 0.6) is 0 Å². The largest absolute Gasteiger partial charge is 0.338 e. The Balaban J connectivity index is 2.24. The number of hydrogen-bond donors (Lipinski definition) is 1. The van der Waals surface area contributed by atoms with E-state index in [0.29, 0.717) is 6.04 Å². The molecule has 0 aromatic carbocycles. The maximum absolute atomic E-state index is 5.26. The van der Waals surface area contributed by atoms with Gasteiger partial charge in [-0.15, -0.1) is 5.10 Å². The van der Waals surface area contributed by atoms with Gasteiger partial charge in [-0.05, 0) is 38.9 Å². The zero-order chi connectivity index (χ0) is 12.3. The third-order valence-electron chi connectivity index (χ3n) is 3.67. The van der Waals surface area contributed by atoms with Crippen LogP contribution in [0.2, 0.25) is 0 Å². The van der Waals surface area contributed by atoms with E-state index in [9.17, 15) is 0 Å². The van der Waals surface area contributed by atoms with Crippen LogP contribution in [0, 0.1) is 4.77 Å². The van der Waals surface area contributed by atoms with Gasteiger partial charge in [-0.1, -0.05) is 19.3 Å². The van der Waals surface area contributed by atoms with E-state index in [4.69, 9.17) is 12.2 Å². The molecule has 0 spiro atoms. The second-order valence-electron chi connectivity index (χ2n) is 4.65. The molecule has 1 aliphatic carbocycles. The van der Waals surface area contributed by atoms with Gasteiger partial charge in [-0.2, -0.15) is 0 Å². The third kappa shape index (κ3) is 2.54. The Kier molecular flexibility index (Phi) is 4.20. The molecule has 0 radical (unpaired) electrons. The van der Waals surface area contributed by atoms with Gasteiger partial charge in [0.15, 0.2) is 4.77 Å². The minimum atomic E-state index is 0.643. The molecule has 17 heavy (non-hydrogen) atoms. The molecule has 1 aliphatic rings. The molecule has 1 fully saturated rings. The van der Waals surface area contributed by atoms with Crippen LogP contribution in [0.1, 0.15) is 46.0 Å². The summed E-state index contributed by atoms with van der Waals surface area (Å²) in [6.45, 7) is 6.20. The van der Waals surface area contributed by atoms with Crippen LogP contribution < -0.4 is 4.90 Å². The molecule has 2 rings (SSSR count). The zero-order valence-electron chi connectivity index (χ0n) is 10.8. The molecule has 96 valence electrons. The van der Waals surface area contributed by atoms with Gasteiger partial charge in [0.25, 0.3) is 0 Å². The van der Waals surface area contributed by atoms with Gasteiger partial charge < -0.3 is 4.90 Å². The molecule has 0 amide bonds. The number of aromatic amines is 1. The molecule has 0 atom stereocenters. The van der Waals surface area contributed by atoms with E-state index in [-0.39, 0.29) is 0 Å². The van der Waals surface area contributed by atoms with E-state index in [1.54, 1.807) is 0 Å². The summed E-state index contributed by atoms with van der Waals surface area (Å²) in [6, 6.07) is 0.643. The fraction of sp³-hybridized carbons (Fsp3) is 0.833. The number of H-pyrrole nitrogens is 1. The fourth-order valence-corrected chi connectivity index (χ4v) is 3.03. The van der Waals surface area contributed by atoms with Crippen LogP contribution in [0.15, 0.2) is 0 Å². The maximum atomic E-state index is 5.26. The van der Waals surface area contributed by atoms with Crippen molar-refractivity contribution in [2.75, 3.05) is 11.4 Å². The first-order chi connectivity index (χ1) is 8.27. The van der Waals surface area contributed by atoms with Gasteiger partial charge >= 0.3 is 0 Å². The summed E-state index contributed by atoms with van der Waals surface area (Å²) >= 11 is 5.26. The first-order valence-corrected chi connectivity index (χ1v) is 7.10. The Bertz CT molecular complexity index is 403. The quantitative estimate of drug-likeness (QED) is 0.839. The minimum Gasteiger partial charge on any atom is -0.338 e. The van der Waals surface area contributed by atoms with Crippen LogP contribution in [0.4, 0.5) is 5.95 Å². The Morgan fingerprint density at radius 3 is 2.65 bits per heavy atom. The molecular weight excluding hydrogens is 232 g/mol. The molecule has 1 aromatic rings. The van der Waals surface area contributed by atoms with Crippen LogP contribution >= 0.6 is 12.2 Å². The first kappa shape index (κ1) is 12.6. The van der Waals surface area contributed by atoms with Crippen molar-refractivity contribution in [1.29, 1.82) is 0 Å². The SMILES string of the molecule is CCN(c1n[nH]c(=S)n1CC)C1CCCCC1. The van der Waals surface area contributed by atoms with Crippen molar-refractivity contribution >= 4 is 18.2 Å². The van der Waals surface area contributed by atoms with Crippen LogP contribution in [-0.2, 0) is 6.54 Å². The molecule has 1 aromatic heterocycles. The van der Waals surface area contributed by atoms with E-state index >= 15 is 0 Å². The Morgan fingerprint density at radius 1 is 1.35 bits per heavy atom. The lowest BCUT2D eigenvalue weighted by Gasteiger charge is -2.34. The second kappa shape index (κ2) is 5.67. The summed E-state index contributed by atoms with van der Waals surface area (Å²) < 4.78 is 2.82. The number of nitrogens with one attached hydrogen (secondary N) is 1. The Morgan fingerprint density at radius 2 is 2.06 bits per heavy atom. The lowest BCUT2D eigenvalue weighted by atomic mass is 9.94. The summed E-state index contributed by atoms with van der Waals surface area (Å²) in [5.41, 5.74) is 0. The average Bonchev–Trinajstić information content (AvgIpc) is 2.73. The average molecular weight is 254 g/mol. The van der Waals surface area contributed by atoms with Crippen molar-refractivity contribution < 1.29 is 0 Å². The predicted octanol–water partition coefficient (Wildman–Crippen LogP) is 3.12. The number of anilines is 1. The van der Waals surface area contributed by atoms with Gasteiger partial charge in [0.2, 0.25) is 5.95 Å². The van der Waals surface area contributed by atoms with Crippen LogP contribution in [0.3, 0.4) is 0 Å². The standard InChI is InChI=1S/C12H22N4S/c1-3-15(10-8-6-5-7-9-10)11-13-14-12(17)16(11)4-2/h10H,3-9H2,1-2H3,(H,14,17). The van der Waals surface area contributed by atoms with E-state index in [2.05, 4.69) is 33.5 Å². The number of aromatic nitrogens is 3. The molecule has 4 nitrogen and oxygen atoms in total. The van der Waals surface area contributed by atoms with Gasteiger partial charge in [0.05, 0.1) is 0 Å². The lowest BCUT2D eigenvalue weighted by molar-refractivity contribution is 0.411. The van der Waals surface area contributed by atoms with Crippen molar-refractivity contribution in [3.05, 3.63) is 4.77 Å². The van der Waals surface area contributed by atoms with E-state index in [0.717, 1.165) is 23.8 Å². The predicted molar refractivity (Wildman–Crippen MR) is 73.0 cm³/mol. The summed E-state index contributed by atoms with van der Waals surface area (Å²) in [7, 11) is 0. The molecule has 1 saturated carbocycles. The first-order valence-electron chi connectivity index (χ1n) is 6.69. The monoisotopic (exact) mass is 254 g/mol. The normalized spacial score (nSPS) is 17.3. The third-order valence-corrected chi connectivity index (χ3v) is 3.98. The highest BCUT2D eigenvalue weighted by Crippen LogP contribution is 2.26. The van der Waals surface area contributed by atoms with Gasteiger partial charge in [-0.25, -0.2) is 5.10 Å². The van der Waals surface area contributed by atoms with E-state index in [1.165, 1.54) is 32.1 Å². The molecule has 0 bridgehead atoms. The topological polar surface area (TPSA) is 36.9 Å². The van der Waals surface area contributed by atoms with Crippen LogP contribution in [0.25, 0.3) is 0 Å². The summed E-state index contributed by atoms with van der Waals surface area (Å²) in [5, 5.41) is 7.32. The van der Waals surface area contributed by atoms with Crippen molar-refractivity contribution in [2.45, 2.75) is 58.5 Å². The summed E-state index contributed by atoms with van der Waals surface area (Å²) in [6.07, 6.45) is 6.65. The molecular formula is C12H22N4S. The molecule has 0 saturated heterocycles. The number of nitrogens with zero attached hydrogens (tertiary/aromatic N) is 3. The number of rotatable bonds is 4. The minimum absolute atomic E-state index is 0.643. The number of hydrogen-bond acceptors (Lipinski definition) is 3. The molecule has 1 N–H and O–H groups in total. The Labute approximate surface area is 108 Å². The van der Waals surface area contributed by atoms with Gasteiger partial charge in [0, 0.05) is 19.1 Å². The van der Waals surface area contributed by atoms with Gasteiger partial charge in [0.1, 0.15) is 0 Å². The highest BCUT2D eigenvalue weighted by Gasteiger charge is 2.23. The van der Waals surface area contributed by atoms with Gasteiger partial charge in [-0.3, -0.25) is 4.57 Å². The molecule has 5 heteroatoms. The molecule has 0 aliphatic heterocycles. The molecule has 0 unspecified atom stereocenters.